The molecule has 0 fully saturated rings. The van der Waals surface area contributed by atoms with Crippen molar-refractivity contribution in [3.05, 3.63) is 47.5 Å². The number of phenolic OH excluding ortho intramolecular Hbond substituents is 2. The zero-order valence-electron chi connectivity index (χ0n) is 7.81. The normalized spacial score (nSPS) is 10.2. The lowest BCUT2D eigenvalue weighted by Gasteiger charge is -2.05. The monoisotopic (exact) mass is 220 g/mol. The molecule has 0 aliphatic rings. The molecule has 2 N–H and O–H groups in total. The first-order chi connectivity index (χ1) is 7.16. The van der Waals surface area contributed by atoms with E-state index in [0.717, 1.165) is 5.56 Å². The zero-order chi connectivity index (χ0) is 10.8. The molecule has 2 aromatic carbocycles. The third-order valence-electron chi connectivity index (χ3n) is 2.14. The summed E-state index contributed by atoms with van der Waals surface area (Å²) in [6, 6.07) is 11.4. The van der Waals surface area contributed by atoms with Crippen molar-refractivity contribution in [2.75, 3.05) is 0 Å². The zero-order valence-corrected chi connectivity index (χ0v) is 8.57. The molecule has 0 amide bonds. The molecule has 2 nitrogen and oxygen atoms in total. The van der Waals surface area contributed by atoms with Crippen molar-refractivity contribution >= 4 is 11.6 Å². The van der Waals surface area contributed by atoms with Crippen molar-refractivity contribution in [2.45, 2.75) is 0 Å². The highest BCUT2D eigenvalue weighted by Gasteiger charge is 2.04. The fourth-order valence-electron chi connectivity index (χ4n) is 1.38. The number of halogens is 1. The lowest BCUT2D eigenvalue weighted by atomic mass is 10.0. The predicted molar refractivity (Wildman–Crippen MR) is 60.2 cm³/mol. The number of phenols is 2. The molecular formula is C12H9ClO2. The maximum atomic E-state index is 9.64. The Balaban J connectivity index is 2.53. The summed E-state index contributed by atoms with van der Waals surface area (Å²) in [5.41, 5.74) is 1.47. The van der Waals surface area contributed by atoms with Gasteiger partial charge in [0.1, 0.15) is 11.5 Å². The molecule has 2 rings (SSSR count). The molecule has 0 aliphatic carbocycles. The van der Waals surface area contributed by atoms with Crippen LogP contribution in [0.5, 0.6) is 11.5 Å². The molecule has 0 saturated carbocycles. The SMILES string of the molecule is Oc1ccc(-c2cc(Cl)ccc2O)cc1. The van der Waals surface area contributed by atoms with E-state index in [0.29, 0.717) is 10.6 Å². The third kappa shape index (κ3) is 2.05. The molecule has 0 bridgehead atoms. The van der Waals surface area contributed by atoms with Crippen LogP contribution >= 0.6 is 11.6 Å². The van der Waals surface area contributed by atoms with Crippen LogP contribution in [0.4, 0.5) is 0 Å². The smallest absolute Gasteiger partial charge is 0.123 e. The van der Waals surface area contributed by atoms with E-state index in [2.05, 4.69) is 0 Å². The van der Waals surface area contributed by atoms with Crippen LogP contribution in [0.1, 0.15) is 0 Å². The molecule has 2 aromatic rings. The van der Waals surface area contributed by atoms with Crippen LogP contribution in [0, 0.1) is 0 Å². The summed E-state index contributed by atoms with van der Waals surface area (Å²) in [7, 11) is 0. The van der Waals surface area contributed by atoms with E-state index in [1.54, 1.807) is 42.5 Å². The highest BCUT2D eigenvalue weighted by Crippen LogP contribution is 2.32. The summed E-state index contributed by atoms with van der Waals surface area (Å²) in [5, 5.41) is 19.3. The van der Waals surface area contributed by atoms with E-state index in [1.807, 2.05) is 0 Å². The van der Waals surface area contributed by atoms with Crippen LogP contribution in [0.15, 0.2) is 42.5 Å². The van der Waals surface area contributed by atoms with E-state index >= 15 is 0 Å². The van der Waals surface area contributed by atoms with Gasteiger partial charge in [-0.3, -0.25) is 0 Å². The summed E-state index contributed by atoms with van der Waals surface area (Å²) in [6.07, 6.45) is 0. The Bertz CT molecular complexity index is 477. The standard InChI is InChI=1S/C12H9ClO2/c13-9-3-6-12(15)11(7-9)8-1-4-10(14)5-2-8/h1-7,14-15H. The van der Waals surface area contributed by atoms with Crippen molar-refractivity contribution in [1.29, 1.82) is 0 Å². The molecule has 76 valence electrons. The van der Waals surface area contributed by atoms with E-state index in [-0.39, 0.29) is 11.5 Å². The summed E-state index contributed by atoms with van der Waals surface area (Å²) in [5.74, 6) is 0.366. The average molecular weight is 221 g/mol. The topological polar surface area (TPSA) is 40.5 Å². The summed E-state index contributed by atoms with van der Waals surface area (Å²) < 4.78 is 0. The maximum absolute atomic E-state index is 9.64. The first-order valence-electron chi connectivity index (χ1n) is 4.45. The minimum Gasteiger partial charge on any atom is -0.508 e. The van der Waals surface area contributed by atoms with Gasteiger partial charge in [-0.15, -0.1) is 0 Å². The third-order valence-corrected chi connectivity index (χ3v) is 2.37. The van der Waals surface area contributed by atoms with Gasteiger partial charge in [0, 0.05) is 10.6 Å². The highest BCUT2D eigenvalue weighted by atomic mass is 35.5. The molecule has 0 spiro atoms. The van der Waals surface area contributed by atoms with Gasteiger partial charge < -0.3 is 10.2 Å². The van der Waals surface area contributed by atoms with Gasteiger partial charge in [0.2, 0.25) is 0 Å². The van der Waals surface area contributed by atoms with E-state index in [9.17, 15) is 5.11 Å². The van der Waals surface area contributed by atoms with Crippen LogP contribution in [-0.4, -0.2) is 10.2 Å². The Labute approximate surface area is 92.4 Å². The Morgan fingerprint density at radius 1 is 0.867 bits per heavy atom. The second kappa shape index (κ2) is 3.83. The second-order valence-corrected chi connectivity index (χ2v) is 3.64. The van der Waals surface area contributed by atoms with E-state index in [1.165, 1.54) is 0 Å². The predicted octanol–water partition coefficient (Wildman–Crippen LogP) is 3.42. The van der Waals surface area contributed by atoms with Crippen LogP contribution in [0.3, 0.4) is 0 Å². The number of benzene rings is 2. The Kier molecular flexibility index (Phi) is 2.52. The van der Waals surface area contributed by atoms with E-state index in [4.69, 9.17) is 16.7 Å². The van der Waals surface area contributed by atoms with Crippen molar-refractivity contribution in [3.63, 3.8) is 0 Å². The minimum atomic E-state index is 0.171. The van der Waals surface area contributed by atoms with Crippen LogP contribution in [0.2, 0.25) is 5.02 Å². The van der Waals surface area contributed by atoms with Crippen molar-refractivity contribution in [1.82, 2.24) is 0 Å². The molecule has 15 heavy (non-hydrogen) atoms. The molecule has 0 unspecified atom stereocenters. The first kappa shape index (κ1) is 9.87. The Morgan fingerprint density at radius 2 is 1.53 bits per heavy atom. The van der Waals surface area contributed by atoms with Gasteiger partial charge in [-0.2, -0.15) is 0 Å². The van der Waals surface area contributed by atoms with Crippen LogP contribution < -0.4 is 0 Å². The largest absolute Gasteiger partial charge is 0.508 e. The van der Waals surface area contributed by atoms with Gasteiger partial charge in [0.15, 0.2) is 0 Å². The molecule has 0 atom stereocenters. The number of hydrogen-bond acceptors (Lipinski definition) is 2. The molecule has 0 aromatic heterocycles. The minimum absolute atomic E-state index is 0.171. The van der Waals surface area contributed by atoms with Crippen molar-refractivity contribution in [3.8, 4) is 22.6 Å². The maximum Gasteiger partial charge on any atom is 0.123 e. The van der Waals surface area contributed by atoms with Crippen molar-refractivity contribution < 1.29 is 10.2 Å². The van der Waals surface area contributed by atoms with Gasteiger partial charge in [-0.25, -0.2) is 0 Å². The number of hydrogen-bond donors (Lipinski definition) is 2. The lowest BCUT2D eigenvalue weighted by molar-refractivity contribution is 0.474. The van der Waals surface area contributed by atoms with E-state index < -0.39 is 0 Å². The summed E-state index contributed by atoms with van der Waals surface area (Å²) in [4.78, 5) is 0. The summed E-state index contributed by atoms with van der Waals surface area (Å²) >= 11 is 5.84. The molecule has 3 heteroatoms. The molecular weight excluding hydrogens is 212 g/mol. The molecule has 0 radical (unpaired) electrons. The van der Waals surface area contributed by atoms with Gasteiger partial charge in [-0.1, -0.05) is 23.7 Å². The fraction of sp³-hybridized carbons (Fsp3) is 0. The highest BCUT2D eigenvalue weighted by molar-refractivity contribution is 6.31. The van der Waals surface area contributed by atoms with Crippen molar-refractivity contribution in [2.24, 2.45) is 0 Å². The Morgan fingerprint density at radius 3 is 2.20 bits per heavy atom. The number of aromatic hydroxyl groups is 2. The Hall–Kier alpha value is -1.67. The number of rotatable bonds is 1. The van der Waals surface area contributed by atoms with Gasteiger partial charge in [-0.05, 0) is 35.9 Å². The van der Waals surface area contributed by atoms with Gasteiger partial charge >= 0.3 is 0 Å². The van der Waals surface area contributed by atoms with Gasteiger partial charge in [0.05, 0.1) is 0 Å². The molecule has 0 saturated heterocycles. The van der Waals surface area contributed by atoms with Gasteiger partial charge in [0.25, 0.3) is 0 Å². The molecule has 0 heterocycles. The van der Waals surface area contributed by atoms with Crippen LogP contribution in [-0.2, 0) is 0 Å². The average Bonchev–Trinajstić information content (AvgIpc) is 2.23. The first-order valence-corrected chi connectivity index (χ1v) is 4.82. The summed E-state index contributed by atoms with van der Waals surface area (Å²) in [6.45, 7) is 0. The quantitative estimate of drug-likeness (QED) is 0.773. The lowest BCUT2D eigenvalue weighted by Crippen LogP contribution is -1.78. The van der Waals surface area contributed by atoms with Crippen LogP contribution in [0.25, 0.3) is 11.1 Å². The molecule has 0 aliphatic heterocycles. The fourth-order valence-corrected chi connectivity index (χ4v) is 1.55. The second-order valence-electron chi connectivity index (χ2n) is 3.21.